The lowest BCUT2D eigenvalue weighted by atomic mass is 9.90. The Bertz CT molecular complexity index is 701. The number of amides is 3. The van der Waals surface area contributed by atoms with Crippen molar-refractivity contribution in [1.82, 2.24) is 5.32 Å². The molecule has 0 atom stereocenters. The molecule has 2 heterocycles. The lowest BCUT2D eigenvalue weighted by Gasteiger charge is -2.30. The fraction of sp³-hybridized carbons (Fsp3) is 0.529. The molecular formula is C17H20F2N2O4. The van der Waals surface area contributed by atoms with E-state index in [0.717, 1.165) is 17.0 Å². The molecule has 0 aromatic heterocycles. The van der Waals surface area contributed by atoms with Crippen LogP contribution in [-0.4, -0.2) is 36.3 Å². The van der Waals surface area contributed by atoms with Crippen molar-refractivity contribution in [3.8, 4) is 5.75 Å². The predicted octanol–water partition coefficient (Wildman–Crippen LogP) is 2.75. The van der Waals surface area contributed by atoms with E-state index in [-0.39, 0.29) is 5.69 Å². The van der Waals surface area contributed by atoms with Crippen LogP contribution in [-0.2, 0) is 9.53 Å². The molecule has 25 heavy (non-hydrogen) atoms. The zero-order valence-corrected chi connectivity index (χ0v) is 14.3. The molecule has 1 aromatic carbocycles. The molecule has 0 bridgehead atoms. The number of hydrogen-bond acceptors (Lipinski definition) is 4. The van der Waals surface area contributed by atoms with Crippen LogP contribution in [0.4, 0.5) is 19.3 Å². The summed E-state index contributed by atoms with van der Waals surface area (Å²) in [5.41, 5.74) is -2.03. The van der Waals surface area contributed by atoms with Crippen LogP contribution >= 0.6 is 0 Å². The zero-order chi connectivity index (χ0) is 18.4. The molecule has 3 rings (SSSR count). The van der Waals surface area contributed by atoms with Gasteiger partial charge in [-0.2, -0.15) is 0 Å². The number of carbonyl (C=O) groups excluding carboxylic acids is 2. The Morgan fingerprint density at radius 1 is 1.16 bits per heavy atom. The van der Waals surface area contributed by atoms with E-state index in [9.17, 15) is 18.4 Å². The molecule has 1 spiro atoms. The molecule has 1 aromatic rings. The minimum absolute atomic E-state index is 0.165. The normalized spacial score (nSPS) is 20.1. The molecule has 2 saturated heterocycles. The van der Waals surface area contributed by atoms with Crippen molar-refractivity contribution in [2.75, 3.05) is 18.1 Å². The first kappa shape index (κ1) is 17.6. The molecule has 0 unspecified atom stereocenters. The van der Waals surface area contributed by atoms with E-state index >= 15 is 0 Å². The van der Waals surface area contributed by atoms with E-state index in [4.69, 9.17) is 9.47 Å². The molecule has 6 nitrogen and oxygen atoms in total. The van der Waals surface area contributed by atoms with Crippen molar-refractivity contribution in [3.05, 3.63) is 23.8 Å². The Hall–Kier alpha value is -2.22. The van der Waals surface area contributed by atoms with Crippen molar-refractivity contribution >= 4 is 17.6 Å². The zero-order valence-electron chi connectivity index (χ0n) is 14.3. The highest BCUT2D eigenvalue weighted by Crippen LogP contribution is 2.35. The maximum Gasteiger partial charge on any atom is 0.329 e. The van der Waals surface area contributed by atoms with E-state index in [0.29, 0.717) is 26.1 Å². The van der Waals surface area contributed by atoms with Gasteiger partial charge in [0.2, 0.25) is 0 Å². The molecule has 0 aliphatic carbocycles. The number of hydrogen-bond donors (Lipinski definition) is 1. The lowest BCUT2D eigenvalue weighted by molar-refractivity contribution is -0.125. The molecule has 1 N–H and O–H groups in total. The number of nitrogens with one attached hydrogen (secondary N) is 1. The van der Waals surface area contributed by atoms with Crippen molar-refractivity contribution in [2.24, 2.45) is 0 Å². The van der Waals surface area contributed by atoms with Crippen LogP contribution in [0.3, 0.4) is 0 Å². The number of nitrogens with zero attached hydrogens (tertiary/aromatic N) is 1. The molecule has 2 aliphatic heterocycles. The lowest BCUT2D eigenvalue weighted by Crippen LogP contribution is -2.51. The number of carbonyl (C=O) groups is 2. The van der Waals surface area contributed by atoms with E-state index in [1.54, 1.807) is 20.8 Å². The Balaban J connectivity index is 1.94. The van der Waals surface area contributed by atoms with Gasteiger partial charge >= 0.3 is 6.03 Å². The molecule has 0 saturated carbocycles. The summed E-state index contributed by atoms with van der Waals surface area (Å²) in [7, 11) is 0. The van der Waals surface area contributed by atoms with Gasteiger partial charge in [-0.25, -0.2) is 18.5 Å². The third kappa shape index (κ3) is 3.18. The van der Waals surface area contributed by atoms with Crippen LogP contribution in [0.1, 0.15) is 33.6 Å². The van der Waals surface area contributed by atoms with Gasteiger partial charge in [-0.05, 0) is 20.8 Å². The second-order valence-corrected chi connectivity index (χ2v) is 7.22. The Labute approximate surface area is 144 Å². The molecule has 0 radical (unpaired) electrons. The molecule has 2 fully saturated rings. The minimum Gasteiger partial charge on any atom is -0.482 e. The fourth-order valence-electron chi connectivity index (χ4n) is 2.99. The average Bonchev–Trinajstić information content (AvgIpc) is 2.73. The smallest absolute Gasteiger partial charge is 0.329 e. The van der Waals surface area contributed by atoms with Crippen LogP contribution in [0.15, 0.2) is 12.1 Å². The quantitative estimate of drug-likeness (QED) is 0.830. The van der Waals surface area contributed by atoms with Crippen molar-refractivity contribution < 1.29 is 27.8 Å². The van der Waals surface area contributed by atoms with Gasteiger partial charge in [0.15, 0.2) is 17.4 Å². The van der Waals surface area contributed by atoms with Crippen molar-refractivity contribution in [2.45, 2.75) is 44.8 Å². The van der Waals surface area contributed by atoms with Gasteiger partial charge in [0, 0.05) is 38.2 Å². The maximum absolute atomic E-state index is 14.3. The highest BCUT2D eigenvalue weighted by Gasteiger charge is 2.52. The number of anilines is 1. The van der Waals surface area contributed by atoms with Gasteiger partial charge in [0.25, 0.3) is 5.91 Å². The monoisotopic (exact) mass is 354 g/mol. The predicted molar refractivity (Wildman–Crippen MR) is 85.5 cm³/mol. The third-order valence-electron chi connectivity index (χ3n) is 4.16. The third-order valence-corrected chi connectivity index (χ3v) is 4.16. The Morgan fingerprint density at radius 2 is 1.72 bits per heavy atom. The molecule has 136 valence electrons. The van der Waals surface area contributed by atoms with Gasteiger partial charge in [0.1, 0.15) is 11.1 Å². The number of benzene rings is 1. The van der Waals surface area contributed by atoms with Gasteiger partial charge in [-0.15, -0.1) is 0 Å². The molecular weight excluding hydrogens is 334 g/mol. The van der Waals surface area contributed by atoms with E-state index < -0.39 is 40.5 Å². The second kappa shape index (κ2) is 5.94. The first-order chi connectivity index (χ1) is 11.6. The van der Waals surface area contributed by atoms with Gasteiger partial charge in [-0.3, -0.25) is 4.79 Å². The highest BCUT2D eigenvalue weighted by molar-refractivity contribution is 6.23. The van der Waals surface area contributed by atoms with E-state index in [1.807, 2.05) is 0 Å². The first-order valence-electron chi connectivity index (χ1n) is 8.05. The highest BCUT2D eigenvalue weighted by atomic mass is 19.1. The summed E-state index contributed by atoms with van der Waals surface area (Å²) in [4.78, 5) is 25.8. The number of rotatable bonds is 2. The summed E-state index contributed by atoms with van der Waals surface area (Å²) in [5, 5.41) is 2.64. The summed E-state index contributed by atoms with van der Waals surface area (Å²) in [5.74, 6) is -3.01. The summed E-state index contributed by atoms with van der Waals surface area (Å²) < 4.78 is 39.2. The van der Waals surface area contributed by atoms with Gasteiger partial charge < -0.3 is 14.8 Å². The van der Waals surface area contributed by atoms with Crippen LogP contribution in [0.5, 0.6) is 5.75 Å². The summed E-state index contributed by atoms with van der Waals surface area (Å²) in [6.45, 7) is 5.65. The van der Waals surface area contributed by atoms with E-state index in [1.165, 1.54) is 0 Å². The van der Waals surface area contributed by atoms with Crippen LogP contribution in [0, 0.1) is 11.6 Å². The van der Waals surface area contributed by atoms with Gasteiger partial charge in [0.05, 0.1) is 5.69 Å². The van der Waals surface area contributed by atoms with Gasteiger partial charge in [-0.1, -0.05) is 0 Å². The molecule has 8 heteroatoms. The fourth-order valence-corrected chi connectivity index (χ4v) is 2.99. The van der Waals surface area contributed by atoms with Crippen molar-refractivity contribution in [3.63, 3.8) is 0 Å². The van der Waals surface area contributed by atoms with Crippen LogP contribution < -0.4 is 15.0 Å². The first-order valence-corrected chi connectivity index (χ1v) is 8.05. The maximum atomic E-state index is 14.3. The molecule has 3 amide bonds. The number of halogens is 2. The average molecular weight is 354 g/mol. The standard InChI is InChI=1S/C17H20F2N2O4/c1-16(2,3)25-13-11(18)8-10(9-12(13)19)21-14(22)17(20-15(21)23)4-6-24-7-5-17/h8-9H,4-7H2,1-3H3,(H,20,23). The number of imide groups is 1. The second-order valence-electron chi connectivity index (χ2n) is 7.22. The van der Waals surface area contributed by atoms with Crippen LogP contribution in [0.25, 0.3) is 0 Å². The largest absolute Gasteiger partial charge is 0.482 e. The number of ether oxygens (including phenoxy) is 2. The number of urea groups is 1. The minimum atomic E-state index is -1.07. The summed E-state index contributed by atoms with van der Waals surface area (Å²) in [6.07, 6.45) is 0.647. The van der Waals surface area contributed by atoms with E-state index in [2.05, 4.69) is 5.32 Å². The summed E-state index contributed by atoms with van der Waals surface area (Å²) >= 11 is 0. The SMILES string of the molecule is CC(C)(C)Oc1c(F)cc(N2C(=O)NC3(CCOCC3)C2=O)cc1F. The van der Waals surface area contributed by atoms with Crippen LogP contribution in [0.2, 0.25) is 0 Å². The topological polar surface area (TPSA) is 67.9 Å². The molecule has 2 aliphatic rings. The van der Waals surface area contributed by atoms with Crippen molar-refractivity contribution in [1.29, 1.82) is 0 Å². The Kier molecular flexibility index (Phi) is 4.18. The Morgan fingerprint density at radius 3 is 2.24 bits per heavy atom. The summed E-state index contributed by atoms with van der Waals surface area (Å²) in [6, 6.07) is 1.16.